The summed E-state index contributed by atoms with van der Waals surface area (Å²) in [5.41, 5.74) is 4.23. The fraction of sp³-hybridized carbons (Fsp3) is 0.241. The number of aliphatic hydroxyl groups is 1. The van der Waals surface area contributed by atoms with Gasteiger partial charge in [-0.3, -0.25) is 0 Å². The molecule has 11 heteroatoms. The van der Waals surface area contributed by atoms with Crippen molar-refractivity contribution >= 4 is 32.3 Å². The molecule has 0 fully saturated rings. The molecule has 1 aliphatic rings. The van der Waals surface area contributed by atoms with Crippen LogP contribution in [-0.4, -0.2) is 28.6 Å². The molecule has 206 valence electrons. The van der Waals surface area contributed by atoms with E-state index in [0.29, 0.717) is 11.6 Å². The molecule has 1 aliphatic carbocycles. The van der Waals surface area contributed by atoms with Crippen molar-refractivity contribution in [2.45, 2.75) is 42.4 Å². The molecule has 0 saturated heterocycles. The number of rotatable bonds is 9. The lowest BCUT2D eigenvalue weighted by molar-refractivity contribution is 0.128. The summed E-state index contributed by atoms with van der Waals surface area (Å²) >= 11 is 6.22. The number of hydrogen-bond acceptors (Lipinski definition) is 7. The zero-order chi connectivity index (χ0) is 27.9. The Morgan fingerprint density at radius 1 is 1.05 bits per heavy atom. The van der Waals surface area contributed by atoms with Crippen LogP contribution in [0.2, 0.25) is 5.02 Å². The van der Waals surface area contributed by atoms with Crippen molar-refractivity contribution in [1.82, 2.24) is 20.4 Å². The monoisotopic (exact) mass is 580 g/mol. The van der Waals surface area contributed by atoms with Crippen molar-refractivity contribution in [2.24, 2.45) is 5.92 Å². The van der Waals surface area contributed by atoms with Crippen molar-refractivity contribution in [1.29, 1.82) is 0 Å². The van der Waals surface area contributed by atoms with Crippen LogP contribution < -0.4 is 5.32 Å². The van der Waals surface area contributed by atoms with Crippen molar-refractivity contribution in [3.63, 3.8) is 0 Å². The van der Waals surface area contributed by atoms with Gasteiger partial charge >= 0.3 is 0 Å². The van der Waals surface area contributed by atoms with E-state index in [1.165, 1.54) is 12.1 Å². The van der Waals surface area contributed by atoms with Gasteiger partial charge in [-0.1, -0.05) is 59.2 Å². The molecule has 8 nitrogen and oxygen atoms in total. The molecule has 2 aromatic heterocycles. The number of sulfone groups is 1. The number of benzene rings is 3. The summed E-state index contributed by atoms with van der Waals surface area (Å²) in [7, 11) is -4.59. The van der Waals surface area contributed by atoms with E-state index in [1.807, 2.05) is 30.3 Å². The van der Waals surface area contributed by atoms with Crippen LogP contribution in [0.15, 0.2) is 82.2 Å². The van der Waals surface area contributed by atoms with E-state index >= 15 is 4.39 Å². The van der Waals surface area contributed by atoms with E-state index < -0.39 is 26.6 Å². The molecule has 3 aromatic carbocycles. The van der Waals surface area contributed by atoms with E-state index in [1.54, 1.807) is 30.3 Å². The van der Waals surface area contributed by atoms with E-state index in [4.69, 9.17) is 16.1 Å². The summed E-state index contributed by atoms with van der Waals surface area (Å²) < 4.78 is 50.6. The molecule has 40 heavy (non-hydrogen) atoms. The normalized spacial score (nSPS) is 16.7. The molecule has 2 heterocycles. The molecular weight excluding hydrogens is 555 g/mol. The smallest absolute Gasteiger partial charge is 0.295 e. The molecule has 5 aromatic rings. The van der Waals surface area contributed by atoms with Gasteiger partial charge in [-0.2, -0.15) is 4.98 Å². The Bertz CT molecular complexity index is 1770. The minimum atomic E-state index is -4.59. The van der Waals surface area contributed by atoms with Crippen molar-refractivity contribution in [3.05, 3.63) is 112 Å². The zero-order valence-corrected chi connectivity index (χ0v) is 22.8. The number of aliphatic hydroxyl groups excluding tert-OH is 1. The second kappa shape index (κ2) is 10.4. The second-order valence-corrected chi connectivity index (χ2v) is 12.4. The fourth-order valence-corrected chi connectivity index (χ4v) is 7.29. The summed E-state index contributed by atoms with van der Waals surface area (Å²) in [5.74, 6) is -1.45. The molecule has 3 N–H and O–H groups in total. The lowest BCUT2D eigenvalue weighted by Gasteiger charge is -2.27. The highest BCUT2D eigenvalue weighted by Crippen LogP contribution is 2.49. The molecule has 0 radical (unpaired) electrons. The number of H-pyrrole nitrogens is 1. The van der Waals surface area contributed by atoms with Gasteiger partial charge in [-0.25, -0.2) is 12.8 Å². The molecule has 0 saturated carbocycles. The Morgan fingerprint density at radius 2 is 1.80 bits per heavy atom. The first-order valence-corrected chi connectivity index (χ1v) is 14.7. The van der Waals surface area contributed by atoms with Crippen LogP contribution in [0, 0.1) is 5.92 Å². The van der Waals surface area contributed by atoms with Gasteiger partial charge in [0.2, 0.25) is 9.84 Å². The molecule has 0 amide bonds. The van der Waals surface area contributed by atoms with Gasteiger partial charge in [0, 0.05) is 34.1 Å². The Morgan fingerprint density at radius 3 is 2.55 bits per heavy atom. The summed E-state index contributed by atoms with van der Waals surface area (Å²) in [6, 6.07) is 20.3. The SMILES string of the molecule is O=S(=O)(c1ccccc1)C(F)(c1nc(CNCc2ccc(CO)cc2)no1)C1Cc2[nH]c3ccc(Cl)cc3c2C1. The molecule has 0 spiro atoms. The molecule has 0 aliphatic heterocycles. The first kappa shape index (κ1) is 26.6. The number of aromatic nitrogens is 3. The topological polar surface area (TPSA) is 121 Å². The second-order valence-electron chi connectivity index (χ2n) is 9.93. The number of nitrogens with one attached hydrogen (secondary N) is 2. The number of fused-ring (bicyclic) bond motifs is 3. The quantitative estimate of drug-likeness (QED) is 0.224. The van der Waals surface area contributed by atoms with Crippen LogP contribution in [0.3, 0.4) is 0 Å². The molecular formula is C29H26ClFN4O4S. The lowest BCUT2D eigenvalue weighted by Crippen LogP contribution is -2.40. The summed E-state index contributed by atoms with van der Waals surface area (Å²) in [5, 5.41) is 14.7. The molecule has 0 bridgehead atoms. The number of nitrogens with zero attached hydrogens (tertiary/aromatic N) is 2. The fourth-order valence-electron chi connectivity index (χ4n) is 5.34. The van der Waals surface area contributed by atoms with Gasteiger partial charge in [0.25, 0.3) is 10.9 Å². The standard InChI is InChI=1S/C29H26ClFN4O4S/c30-21-10-11-25-24(14-21)23-12-20(13-26(23)33-25)29(31,40(37,38)22-4-2-1-3-5-22)28-34-27(35-39-28)16-32-15-18-6-8-19(17-36)9-7-18/h1-11,14,20,32-33,36H,12-13,15-17H2. The van der Waals surface area contributed by atoms with Gasteiger partial charge in [-0.15, -0.1) is 0 Å². The van der Waals surface area contributed by atoms with E-state index in [-0.39, 0.29) is 36.7 Å². The average Bonchev–Trinajstić information content (AvgIpc) is 3.69. The highest BCUT2D eigenvalue weighted by Gasteiger charge is 2.59. The third-order valence-electron chi connectivity index (χ3n) is 7.40. The highest BCUT2D eigenvalue weighted by atomic mass is 35.5. The van der Waals surface area contributed by atoms with E-state index in [0.717, 1.165) is 33.3 Å². The maximum atomic E-state index is 17.4. The Labute approximate surface area is 235 Å². The largest absolute Gasteiger partial charge is 0.392 e. The Balaban J connectivity index is 1.30. The van der Waals surface area contributed by atoms with Gasteiger partial charge in [0.15, 0.2) is 5.82 Å². The van der Waals surface area contributed by atoms with Crippen molar-refractivity contribution < 1.29 is 22.4 Å². The Kier molecular flexibility index (Phi) is 6.95. The van der Waals surface area contributed by atoms with Crippen LogP contribution in [0.5, 0.6) is 0 Å². The number of alkyl halides is 1. The van der Waals surface area contributed by atoms with Gasteiger partial charge in [0.05, 0.1) is 18.0 Å². The number of hydrogen-bond donors (Lipinski definition) is 3. The van der Waals surface area contributed by atoms with Gasteiger partial charge in [0.1, 0.15) is 0 Å². The maximum absolute atomic E-state index is 17.4. The van der Waals surface area contributed by atoms with Crippen LogP contribution >= 0.6 is 11.6 Å². The molecule has 6 rings (SSSR count). The van der Waals surface area contributed by atoms with Crippen LogP contribution in [0.1, 0.15) is 34.1 Å². The predicted molar refractivity (Wildman–Crippen MR) is 148 cm³/mol. The average molecular weight is 581 g/mol. The zero-order valence-electron chi connectivity index (χ0n) is 21.3. The van der Waals surface area contributed by atoms with Crippen molar-refractivity contribution in [3.8, 4) is 0 Å². The highest BCUT2D eigenvalue weighted by molar-refractivity contribution is 7.92. The third kappa shape index (κ3) is 4.60. The third-order valence-corrected chi connectivity index (χ3v) is 9.82. The maximum Gasteiger partial charge on any atom is 0.295 e. The van der Waals surface area contributed by atoms with Crippen LogP contribution in [-0.2, 0) is 47.4 Å². The van der Waals surface area contributed by atoms with Crippen LogP contribution in [0.4, 0.5) is 4.39 Å². The van der Waals surface area contributed by atoms with Crippen LogP contribution in [0.25, 0.3) is 10.9 Å². The number of halogens is 2. The summed E-state index contributed by atoms with van der Waals surface area (Å²) in [4.78, 5) is 7.37. The predicted octanol–water partition coefficient (Wildman–Crippen LogP) is 5.00. The lowest BCUT2D eigenvalue weighted by atomic mass is 9.98. The first-order chi connectivity index (χ1) is 19.3. The van der Waals surface area contributed by atoms with Gasteiger partial charge in [-0.05, 0) is 59.9 Å². The minimum Gasteiger partial charge on any atom is -0.392 e. The Hall–Kier alpha value is -3.57. The number of aromatic amines is 1. The molecule has 2 unspecified atom stereocenters. The summed E-state index contributed by atoms with van der Waals surface area (Å²) in [6.07, 6.45) is 0.294. The van der Waals surface area contributed by atoms with Gasteiger partial charge < -0.3 is 19.9 Å². The minimum absolute atomic E-state index is 0.0357. The molecule has 2 atom stereocenters. The van der Waals surface area contributed by atoms with E-state index in [9.17, 15) is 13.5 Å². The summed E-state index contributed by atoms with van der Waals surface area (Å²) in [6.45, 7) is 0.567. The first-order valence-electron chi connectivity index (χ1n) is 12.8. The van der Waals surface area contributed by atoms with E-state index in [2.05, 4.69) is 20.4 Å². The van der Waals surface area contributed by atoms with Crippen molar-refractivity contribution in [2.75, 3.05) is 0 Å².